The third-order valence-electron chi connectivity index (χ3n) is 6.03. The Kier molecular flexibility index (Phi) is 9.23. The molecule has 1 saturated heterocycles. The number of urea groups is 1. The Bertz CT molecular complexity index is 840. The molecule has 6 nitrogen and oxygen atoms in total. The molecule has 0 aromatic heterocycles. The Labute approximate surface area is 192 Å². The second kappa shape index (κ2) is 12.3. The first kappa shape index (κ1) is 23.9. The maximum Gasteiger partial charge on any atom is 0.322 e. The van der Waals surface area contributed by atoms with Gasteiger partial charge in [-0.3, -0.25) is 0 Å². The Morgan fingerprint density at radius 3 is 2.69 bits per heavy atom. The van der Waals surface area contributed by atoms with Gasteiger partial charge in [-0.1, -0.05) is 24.6 Å². The van der Waals surface area contributed by atoms with E-state index in [0.717, 1.165) is 42.3 Å². The summed E-state index contributed by atoms with van der Waals surface area (Å²) >= 11 is 0. The Morgan fingerprint density at radius 2 is 1.97 bits per heavy atom. The minimum absolute atomic E-state index is 0.0983. The lowest BCUT2D eigenvalue weighted by molar-refractivity contribution is 0.150. The van der Waals surface area contributed by atoms with Crippen LogP contribution in [0.25, 0.3) is 0 Å². The van der Waals surface area contributed by atoms with Gasteiger partial charge in [-0.05, 0) is 69.5 Å². The summed E-state index contributed by atoms with van der Waals surface area (Å²) in [6.07, 6.45) is 4.82. The van der Waals surface area contributed by atoms with Gasteiger partial charge >= 0.3 is 6.03 Å². The minimum Gasteiger partial charge on any atom is -0.497 e. The molecule has 0 aliphatic carbocycles. The highest BCUT2D eigenvalue weighted by atomic mass is 16.5. The van der Waals surface area contributed by atoms with Crippen LogP contribution in [0.5, 0.6) is 11.5 Å². The Morgan fingerprint density at radius 1 is 1.16 bits per heavy atom. The van der Waals surface area contributed by atoms with Gasteiger partial charge in [0.15, 0.2) is 0 Å². The van der Waals surface area contributed by atoms with Gasteiger partial charge < -0.3 is 24.6 Å². The molecule has 2 aromatic rings. The van der Waals surface area contributed by atoms with E-state index in [2.05, 4.69) is 17.1 Å². The molecular weight excluding hydrogens is 402 g/mol. The number of methoxy groups -OCH3 is 1. The standard InChI is InChI=1S/C26H37N3O3/c1-4-32-24-14-12-22(13-15-24)20-29(18-8-17-28-16-6-5-9-21(28)2)26(30)27-23-10-7-11-25(19-23)31-3/h7,10-15,19,21H,4-6,8-9,16-18,20H2,1-3H3,(H,27,30). The van der Waals surface area contributed by atoms with Crippen molar-refractivity contribution in [3.05, 3.63) is 54.1 Å². The van der Waals surface area contributed by atoms with Gasteiger partial charge in [0.2, 0.25) is 0 Å². The molecule has 1 aliphatic rings. The van der Waals surface area contributed by atoms with Gasteiger partial charge in [-0.2, -0.15) is 0 Å². The molecule has 0 spiro atoms. The summed E-state index contributed by atoms with van der Waals surface area (Å²) in [4.78, 5) is 17.6. The highest BCUT2D eigenvalue weighted by molar-refractivity contribution is 5.89. The third-order valence-corrected chi connectivity index (χ3v) is 6.03. The summed E-state index contributed by atoms with van der Waals surface area (Å²) in [5.41, 5.74) is 1.82. The fourth-order valence-corrected chi connectivity index (χ4v) is 4.19. The average molecular weight is 440 g/mol. The van der Waals surface area contributed by atoms with Crippen LogP contribution in [0.15, 0.2) is 48.5 Å². The van der Waals surface area contributed by atoms with Crippen molar-refractivity contribution in [3.63, 3.8) is 0 Å². The number of rotatable bonds is 10. The summed E-state index contributed by atoms with van der Waals surface area (Å²) in [6.45, 7) is 8.37. The number of ether oxygens (including phenoxy) is 2. The molecule has 6 heteroatoms. The van der Waals surface area contributed by atoms with Crippen LogP contribution in [0.2, 0.25) is 0 Å². The van der Waals surface area contributed by atoms with Crippen LogP contribution in [0.4, 0.5) is 10.5 Å². The van der Waals surface area contributed by atoms with Crippen LogP contribution in [0.1, 0.15) is 45.1 Å². The van der Waals surface area contributed by atoms with Crippen molar-refractivity contribution in [1.29, 1.82) is 0 Å². The van der Waals surface area contributed by atoms with Gasteiger partial charge in [0.05, 0.1) is 13.7 Å². The van der Waals surface area contributed by atoms with E-state index < -0.39 is 0 Å². The first-order valence-corrected chi connectivity index (χ1v) is 11.7. The van der Waals surface area contributed by atoms with Gasteiger partial charge in [0.25, 0.3) is 0 Å². The number of hydrogen-bond donors (Lipinski definition) is 1. The highest BCUT2D eigenvalue weighted by Crippen LogP contribution is 2.20. The number of nitrogens with one attached hydrogen (secondary N) is 1. The molecule has 174 valence electrons. The number of carbonyl (C=O) groups excluding carboxylic acids is 1. The molecule has 1 atom stereocenters. The molecule has 0 bridgehead atoms. The second-order valence-electron chi connectivity index (χ2n) is 8.39. The highest BCUT2D eigenvalue weighted by Gasteiger charge is 2.19. The summed E-state index contributed by atoms with van der Waals surface area (Å²) in [7, 11) is 1.63. The van der Waals surface area contributed by atoms with E-state index in [-0.39, 0.29) is 6.03 Å². The largest absolute Gasteiger partial charge is 0.497 e. The van der Waals surface area contributed by atoms with Gasteiger partial charge in [-0.25, -0.2) is 4.79 Å². The number of nitrogens with zero attached hydrogens (tertiary/aromatic N) is 2. The first-order chi connectivity index (χ1) is 15.6. The summed E-state index contributed by atoms with van der Waals surface area (Å²) in [5.74, 6) is 1.57. The number of carbonyl (C=O) groups is 1. The van der Waals surface area contributed by atoms with E-state index in [1.165, 1.54) is 19.3 Å². The fourth-order valence-electron chi connectivity index (χ4n) is 4.19. The molecule has 1 heterocycles. The van der Waals surface area contributed by atoms with Crippen LogP contribution in [0.3, 0.4) is 0 Å². The zero-order valence-corrected chi connectivity index (χ0v) is 19.7. The monoisotopic (exact) mass is 439 g/mol. The van der Waals surface area contributed by atoms with Gasteiger partial charge in [0.1, 0.15) is 11.5 Å². The van der Waals surface area contributed by atoms with E-state index in [0.29, 0.717) is 25.7 Å². The number of anilines is 1. The topological polar surface area (TPSA) is 54.0 Å². The van der Waals surface area contributed by atoms with Crippen molar-refractivity contribution in [2.24, 2.45) is 0 Å². The predicted molar refractivity (Wildman–Crippen MR) is 130 cm³/mol. The summed E-state index contributed by atoms with van der Waals surface area (Å²) in [5, 5.41) is 3.03. The quantitative estimate of drug-likeness (QED) is 0.539. The summed E-state index contributed by atoms with van der Waals surface area (Å²) in [6, 6.07) is 16.0. The number of amides is 2. The number of benzene rings is 2. The van der Waals surface area contributed by atoms with E-state index >= 15 is 0 Å². The number of piperidine rings is 1. The molecule has 1 fully saturated rings. The van der Waals surface area contributed by atoms with Crippen LogP contribution in [-0.2, 0) is 6.54 Å². The SMILES string of the molecule is CCOc1ccc(CN(CCCN2CCCCC2C)C(=O)Nc2cccc(OC)c2)cc1. The molecule has 32 heavy (non-hydrogen) atoms. The Hall–Kier alpha value is -2.73. The molecular formula is C26H37N3O3. The molecule has 3 rings (SSSR count). The molecule has 1 aliphatic heterocycles. The zero-order chi connectivity index (χ0) is 22.8. The lowest BCUT2D eigenvalue weighted by atomic mass is 10.0. The first-order valence-electron chi connectivity index (χ1n) is 11.7. The average Bonchev–Trinajstić information content (AvgIpc) is 2.81. The molecule has 0 radical (unpaired) electrons. The van der Waals surface area contributed by atoms with Crippen LogP contribution < -0.4 is 14.8 Å². The van der Waals surface area contributed by atoms with Crippen molar-refractivity contribution in [1.82, 2.24) is 9.80 Å². The third kappa shape index (κ3) is 7.16. The van der Waals surface area contributed by atoms with Crippen molar-refractivity contribution in [3.8, 4) is 11.5 Å². The predicted octanol–water partition coefficient (Wildman–Crippen LogP) is 5.39. The lowest BCUT2D eigenvalue weighted by Crippen LogP contribution is -2.40. The molecule has 1 unspecified atom stereocenters. The van der Waals surface area contributed by atoms with E-state index in [4.69, 9.17) is 9.47 Å². The van der Waals surface area contributed by atoms with E-state index in [9.17, 15) is 4.79 Å². The van der Waals surface area contributed by atoms with Crippen LogP contribution in [0, 0.1) is 0 Å². The van der Waals surface area contributed by atoms with Crippen LogP contribution >= 0.6 is 0 Å². The summed E-state index contributed by atoms with van der Waals surface area (Å²) < 4.78 is 10.8. The molecule has 2 aromatic carbocycles. The number of hydrogen-bond acceptors (Lipinski definition) is 4. The van der Waals surface area contributed by atoms with E-state index in [1.54, 1.807) is 7.11 Å². The zero-order valence-electron chi connectivity index (χ0n) is 19.7. The normalized spacial score (nSPS) is 16.4. The molecule has 1 N–H and O–H groups in total. The van der Waals surface area contributed by atoms with Crippen LogP contribution in [-0.4, -0.2) is 55.2 Å². The molecule has 0 saturated carbocycles. The second-order valence-corrected chi connectivity index (χ2v) is 8.39. The van der Waals surface area contributed by atoms with Crippen molar-refractivity contribution in [2.45, 2.75) is 52.1 Å². The maximum absolute atomic E-state index is 13.2. The lowest BCUT2D eigenvalue weighted by Gasteiger charge is -2.34. The fraction of sp³-hybridized carbons (Fsp3) is 0.500. The van der Waals surface area contributed by atoms with Gasteiger partial charge in [0, 0.05) is 37.4 Å². The molecule has 2 amide bonds. The minimum atomic E-state index is -0.0983. The van der Waals surface area contributed by atoms with E-state index in [1.807, 2.05) is 60.4 Å². The number of likely N-dealkylation sites (tertiary alicyclic amines) is 1. The Balaban J connectivity index is 1.65. The maximum atomic E-state index is 13.2. The smallest absolute Gasteiger partial charge is 0.322 e. The van der Waals surface area contributed by atoms with Crippen molar-refractivity contribution in [2.75, 3.05) is 38.7 Å². The van der Waals surface area contributed by atoms with Crippen molar-refractivity contribution < 1.29 is 14.3 Å². The van der Waals surface area contributed by atoms with Crippen molar-refractivity contribution >= 4 is 11.7 Å². The van der Waals surface area contributed by atoms with Gasteiger partial charge in [-0.15, -0.1) is 0 Å².